The van der Waals surface area contributed by atoms with Crippen molar-refractivity contribution in [3.05, 3.63) is 11.6 Å². The summed E-state index contributed by atoms with van der Waals surface area (Å²) in [6, 6.07) is 0. The molecule has 0 saturated heterocycles. The minimum Gasteiger partial charge on any atom is -0.396 e. The predicted molar refractivity (Wildman–Crippen MR) is 49.8 cm³/mol. The number of hydrogen-bond donors (Lipinski definition) is 1. The monoisotopic (exact) mass is 166 g/mol. The molecule has 0 heterocycles. The Morgan fingerprint density at radius 3 is 2.83 bits per heavy atom. The van der Waals surface area contributed by atoms with Gasteiger partial charge in [0.2, 0.25) is 0 Å². The highest BCUT2D eigenvalue weighted by atomic mass is 16.2. The van der Waals surface area contributed by atoms with Gasteiger partial charge in [0, 0.05) is 6.61 Å². The average molecular weight is 166 g/mol. The second-order valence-electron chi connectivity index (χ2n) is 4.79. The van der Waals surface area contributed by atoms with Crippen molar-refractivity contribution < 1.29 is 5.11 Å². The summed E-state index contributed by atoms with van der Waals surface area (Å²) >= 11 is 0. The van der Waals surface area contributed by atoms with E-state index >= 15 is 0 Å². The number of hydrogen-bond acceptors (Lipinski definition) is 1. The minimum absolute atomic E-state index is 0.322. The molecule has 12 heavy (non-hydrogen) atoms. The lowest BCUT2D eigenvalue weighted by Crippen LogP contribution is -2.48. The van der Waals surface area contributed by atoms with E-state index in [1.807, 2.05) is 0 Å². The van der Waals surface area contributed by atoms with Gasteiger partial charge in [-0.3, -0.25) is 0 Å². The van der Waals surface area contributed by atoms with E-state index in [-0.39, 0.29) is 0 Å². The standard InChI is InChI=1S/C11H18O/c1-11(2)9-4-3-8(5-6-12)10(11)7-9/h3,9-10,12H,4-7H2,1-2H3/t9?,10-/m0/s1. The van der Waals surface area contributed by atoms with Gasteiger partial charge in [0.05, 0.1) is 0 Å². The van der Waals surface area contributed by atoms with Crippen LogP contribution in [0.2, 0.25) is 0 Å². The number of aliphatic hydroxyl groups is 1. The number of aliphatic hydroxyl groups excluding tert-OH is 1. The second-order valence-corrected chi connectivity index (χ2v) is 4.79. The van der Waals surface area contributed by atoms with Crippen molar-refractivity contribution in [1.82, 2.24) is 0 Å². The van der Waals surface area contributed by atoms with Gasteiger partial charge in [-0.05, 0) is 36.5 Å². The number of rotatable bonds is 2. The van der Waals surface area contributed by atoms with Gasteiger partial charge in [-0.15, -0.1) is 0 Å². The highest BCUT2D eigenvalue weighted by Crippen LogP contribution is 2.59. The van der Waals surface area contributed by atoms with Crippen molar-refractivity contribution in [2.75, 3.05) is 6.61 Å². The second kappa shape index (κ2) is 2.59. The fraction of sp³-hybridized carbons (Fsp3) is 0.818. The molecule has 0 spiro atoms. The Morgan fingerprint density at radius 2 is 2.33 bits per heavy atom. The molecule has 3 rings (SSSR count). The normalized spacial score (nSPS) is 37.1. The Hall–Kier alpha value is -0.300. The van der Waals surface area contributed by atoms with E-state index in [0.717, 1.165) is 18.3 Å². The number of fused-ring (bicyclic) bond motifs is 1. The van der Waals surface area contributed by atoms with Gasteiger partial charge in [0.1, 0.15) is 0 Å². The third-order valence-electron chi connectivity index (χ3n) is 3.98. The molecule has 1 saturated carbocycles. The van der Waals surface area contributed by atoms with Crippen molar-refractivity contribution >= 4 is 0 Å². The summed E-state index contributed by atoms with van der Waals surface area (Å²) in [4.78, 5) is 0. The summed E-state index contributed by atoms with van der Waals surface area (Å²) in [7, 11) is 0. The highest BCUT2D eigenvalue weighted by molar-refractivity contribution is 5.23. The van der Waals surface area contributed by atoms with Gasteiger partial charge in [-0.25, -0.2) is 0 Å². The third-order valence-corrected chi connectivity index (χ3v) is 3.98. The van der Waals surface area contributed by atoms with E-state index in [1.165, 1.54) is 18.4 Å². The lowest BCUT2D eigenvalue weighted by atomic mass is 9.48. The van der Waals surface area contributed by atoms with E-state index in [0.29, 0.717) is 12.0 Å². The van der Waals surface area contributed by atoms with Gasteiger partial charge in [-0.2, -0.15) is 0 Å². The smallest absolute Gasteiger partial charge is 0.0468 e. The molecule has 0 aromatic carbocycles. The van der Waals surface area contributed by atoms with Crippen LogP contribution in [0.4, 0.5) is 0 Å². The molecular weight excluding hydrogens is 148 g/mol. The highest BCUT2D eigenvalue weighted by Gasteiger charge is 2.50. The van der Waals surface area contributed by atoms with Crippen molar-refractivity contribution in [1.29, 1.82) is 0 Å². The fourth-order valence-corrected chi connectivity index (χ4v) is 2.89. The molecule has 1 fully saturated rings. The van der Waals surface area contributed by atoms with E-state index in [4.69, 9.17) is 5.11 Å². The van der Waals surface area contributed by atoms with Gasteiger partial charge >= 0.3 is 0 Å². The van der Waals surface area contributed by atoms with Crippen LogP contribution in [-0.4, -0.2) is 11.7 Å². The molecule has 0 amide bonds. The molecule has 0 radical (unpaired) electrons. The van der Waals surface area contributed by atoms with Crippen LogP contribution < -0.4 is 0 Å². The lowest BCUT2D eigenvalue weighted by Gasteiger charge is -2.56. The van der Waals surface area contributed by atoms with E-state index < -0.39 is 0 Å². The Kier molecular flexibility index (Phi) is 1.80. The van der Waals surface area contributed by atoms with E-state index in [1.54, 1.807) is 0 Å². The third kappa shape index (κ3) is 0.957. The molecule has 1 nitrogen and oxygen atoms in total. The van der Waals surface area contributed by atoms with Gasteiger partial charge in [0.25, 0.3) is 0 Å². The molecule has 2 bridgehead atoms. The molecule has 2 atom stereocenters. The zero-order chi connectivity index (χ0) is 8.77. The van der Waals surface area contributed by atoms with Gasteiger partial charge < -0.3 is 5.11 Å². The molecule has 1 N–H and O–H groups in total. The summed E-state index contributed by atoms with van der Waals surface area (Å²) in [5.74, 6) is 1.70. The van der Waals surface area contributed by atoms with Crippen molar-refractivity contribution in [3.63, 3.8) is 0 Å². The first kappa shape index (κ1) is 8.31. The van der Waals surface area contributed by atoms with Gasteiger partial charge in [0.15, 0.2) is 0 Å². The Balaban J connectivity index is 2.13. The van der Waals surface area contributed by atoms with Crippen LogP contribution in [0.5, 0.6) is 0 Å². The predicted octanol–water partition coefficient (Wildman–Crippen LogP) is 2.36. The first-order chi connectivity index (χ1) is 5.66. The molecule has 1 unspecified atom stereocenters. The first-order valence-electron chi connectivity index (χ1n) is 4.96. The molecule has 3 aliphatic carbocycles. The lowest BCUT2D eigenvalue weighted by molar-refractivity contribution is -0.00943. The zero-order valence-electron chi connectivity index (χ0n) is 8.01. The molecule has 0 aliphatic heterocycles. The Morgan fingerprint density at radius 1 is 1.58 bits per heavy atom. The van der Waals surface area contributed by atoms with Crippen LogP contribution in [-0.2, 0) is 0 Å². The van der Waals surface area contributed by atoms with Crippen molar-refractivity contribution in [2.45, 2.75) is 33.1 Å². The summed E-state index contributed by atoms with van der Waals surface area (Å²) in [5, 5.41) is 8.88. The van der Waals surface area contributed by atoms with Crippen molar-refractivity contribution in [2.24, 2.45) is 17.3 Å². The number of allylic oxidation sites excluding steroid dienone is 1. The molecule has 68 valence electrons. The summed E-state index contributed by atoms with van der Waals surface area (Å²) in [5.41, 5.74) is 2.05. The topological polar surface area (TPSA) is 20.2 Å². The van der Waals surface area contributed by atoms with Crippen molar-refractivity contribution in [3.8, 4) is 0 Å². The quantitative estimate of drug-likeness (QED) is 0.624. The largest absolute Gasteiger partial charge is 0.396 e. The molecule has 3 aliphatic rings. The minimum atomic E-state index is 0.322. The molecule has 0 aromatic rings. The average Bonchev–Trinajstić information content (AvgIpc) is 2.05. The maximum Gasteiger partial charge on any atom is 0.0468 e. The molecule has 0 aromatic heterocycles. The van der Waals surface area contributed by atoms with Crippen LogP contribution in [0, 0.1) is 17.3 Å². The maximum atomic E-state index is 8.88. The molecular formula is C11H18O. The summed E-state index contributed by atoms with van der Waals surface area (Å²) in [6.07, 6.45) is 5.89. The Bertz CT molecular complexity index is 215. The zero-order valence-corrected chi connectivity index (χ0v) is 8.01. The Labute approximate surface area is 74.5 Å². The van der Waals surface area contributed by atoms with E-state index in [2.05, 4.69) is 19.9 Å². The van der Waals surface area contributed by atoms with E-state index in [9.17, 15) is 0 Å². The van der Waals surface area contributed by atoms with Crippen LogP contribution in [0.1, 0.15) is 33.1 Å². The summed E-state index contributed by atoms with van der Waals surface area (Å²) in [6.45, 7) is 5.06. The summed E-state index contributed by atoms with van der Waals surface area (Å²) < 4.78 is 0. The van der Waals surface area contributed by atoms with Crippen LogP contribution in [0.3, 0.4) is 0 Å². The van der Waals surface area contributed by atoms with Crippen LogP contribution in [0.25, 0.3) is 0 Å². The van der Waals surface area contributed by atoms with Gasteiger partial charge in [-0.1, -0.05) is 25.5 Å². The van der Waals surface area contributed by atoms with Crippen LogP contribution >= 0.6 is 0 Å². The molecule has 1 heteroatoms. The SMILES string of the molecule is CC1(C)C2CC=C(CCO)[C@@H]1C2. The maximum absolute atomic E-state index is 8.88. The fourth-order valence-electron chi connectivity index (χ4n) is 2.89. The van der Waals surface area contributed by atoms with Crippen LogP contribution in [0.15, 0.2) is 11.6 Å². The first-order valence-corrected chi connectivity index (χ1v) is 4.96.